The highest BCUT2D eigenvalue weighted by molar-refractivity contribution is 5.82. The number of nitrogens with zero attached hydrogens (tertiary/aromatic N) is 1. The number of nitrogens with two attached hydrogens (primary N) is 1. The molecule has 2 atom stereocenters. The van der Waals surface area contributed by atoms with Crippen LogP contribution in [0.1, 0.15) is 31.9 Å². The molecule has 1 aliphatic rings. The summed E-state index contributed by atoms with van der Waals surface area (Å²) in [6.07, 6.45) is 1.87. The fourth-order valence-corrected chi connectivity index (χ4v) is 2.29. The van der Waals surface area contributed by atoms with Gasteiger partial charge in [0.25, 0.3) is 0 Å². The van der Waals surface area contributed by atoms with Gasteiger partial charge in [-0.2, -0.15) is 0 Å². The van der Waals surface area contributed by atoms with Gasteiger partial charge in [-0.3, -0.25) is 4.99 Å². The van der Waals surface area contributed by atoms with Gasteiger partial charge in [-0.25, -0.2) is 4.39 Å². The van der Waals surface area contributed by atoms with Gasteiger partial charge in [0.1, 0.15) is 30.3 Å². The number of hydrogen-bond donors (Lipinski definition) is 1. The summed E-state index contributed by atoms with van der Waals surface area (Å²) in [5, 5.41) is 0. The maximum Gasteiger partial charge on any atom is 0.127 e. The van der Waals surface area contributed by atoms with Crippen LogP contribution < -0.4 is 10.5 Å². The van der Waals surface area contributed by atoms with Crippen molar-refractivity contribution in [2.45, 2.75) is 32.4 Å². The van der Waals surface area contributed by atoms with Gasteiger partial charge in [-0.1, -0.05) is 26.0 Å². The molecule has 0 bridgehead atoms. The number of ether oxygens (including phenoxy) is 3. The summed E-state index contributed by atoms with van der Waals surface area (Å²) in [5.74, 6) is 0.587. The fraction of sp³-hybridized carbons (Fsp3) is 0.500. The van der Waals surface area contributed by atoms with Gasteiger partial charge in [0.15, 0.2) is 0 Å². The average Bonchev–Trinajstić information content (AvgIpc) is 2.58. The zero-order valence-corrected chi connectivity index (χ0v) is 14.6. The summed E-state index contributed by atoms with van der Waals surface area (Å²) in [5.41, 5.74) is 6.67. The Morgan fingerprint density at radius 3 is 2.88 bits per heavy atom. The molecule has 0 unspecified atom stereocenters. The van der Waals surface area contributed by atoms with Gasteiger partial charge in [0.05, 0.1) is 19.0 Å². The van der Waals surface area contributed by atoms with Crippen LogP contribution in [0, 0.1) is 5.82 Å². The number of benzene rings is 1. The number of fused-ring (bicyclic) bond motifs is 1. The largest absolute Gasteiger partial charge is 0.490 e. The molecule has 0 radical (unpaired) electrons. The number of rotatable bonds is 7. The van der Waals surface area contributed by atoms with E-state index in [1.165, 1.54) is 12.1 Å². The van der Waals surface area contributed by atoms with E-state index in [2.05, 4.69) is 11.6 Å². The van der Waals surface area contributed by atoms with Gasteiger partial charge in [-0.15, -0.1) is 6.58 Å². The summed E-state index contributed by atoms with van der Waals surface area (Å²) in [6, 6.07) is 4.06. The zero-order valence-electron chi connectivity index (χ0n) is 14.6. The number of halogens is 1. The predicted molar refractivity (Wildman–Crippen MR) is 94.0 cm³/mol. The lowest BCUT2D eigenvalue weighted by atomic mass is 9.98. The second-order valence-electron chi connectivity index (χ2n) is 4.95. The van der Waals surface area contributed by atoms with Gasteiger partial charge in [-0.05, 0) is 6.07 Å². The smallest absolute Gasteiger partial charge is 0.127 e. The molecule has 0 saturated carbocycles. The fourth-order valence-electron chi connectivity index (χ4n) is 2.29. The molecule has 6 heteroatoms. The molecule has 1 aliphatic heterocycles. The van der Waals surface area contributed by atoms with Crippen molar-refractivity contribution in [3.8, 4) is 5.75 Å². The van der Waals surface area contributed by atoms with Crippen molar-refractivity contribution < 1.29 is 18.6 Å². The first kappa shape index (κ1) is 20.1. The van der Waals surface area contributed by atoms with Gasteiger partial charge < -0.3 is 19.9 Å². The minimum Gasteiger partial charge on any atom is -0.490 e. The molecule has 0 aromatic heterocycles. The van der Waals surface area contributed by atoms with Gasteiger partial charge in [0, 0.05) is 25.2 Å². The maximum absolute atomic E-state index is 13.3. The van der Waals surface area contributed by atoms with Crippen LogP contribution in [0.25, 0.3) is 0 Å². The van der Waals surface area contributed by atoms with E-state index in [0.29, 0.717) is 31.2 Å². The summed E-state index contributed by atoms with van der Waals surface area (Å²) in [6.45, 7) is 8.84. The van der Waals surface area contributed by atoms with E-state index in [1.54, 1.807) is 19.3 Å². The van der Waals surface area contributed by atoms with Gasteiger partial charge >= 0.3 is 0 Å². The van der Waals surface area contributed by atoms with Crippen LogP contribution in [-0.2, 0) is 9.47 Å². The third kappa shape index (κ3) is 5.62. The van der Waals surface area contributed by atoms with Crippen LogP contribution in [0.3, 0.4) is 0 Å². The Balaban J connectivity index is 0.00000139. The van der Waals surface area contributed by atoms with Crippen molar-refractivity contribution in [1.29, 1.82) is 0 Å². The molecule has 0 amide bonds. The predicted octanol–water partition coefficient (Wildman–Crippen LogP) is 3.25. The minimum atomic E-state index is -0.348. The zero-order chi connectivity index (χ0) is 17.9. The van der Waals surface area contributed by atoms with Crippen molar-refractivity contribution >= 4 is 5.84 Å². The van der Waals surface area contributed by atoms with E-state index in [0.717, 1.165) is 5.56 Å². The Labute approximate surface area is 143 Å². The van der Waals surface area contributed by atoms with Crippen LogP contribution in [0.4, 0.5) is 4.39 Å². The van der Waals surface area contributed by atoms with E-state index in [1.807, 2.05) is 13.8 Å². The highest BCUT2D eigenvalue weighted by atomic mass is 19.1. The standard InChI is InChI=1S/C16H21FN2O3.C2H6/c1-3-4-15(18)19-16-12-6-5-11(17)9-13(12)22-10-14(16)21-8-7-20-2;1-2/h3,5-6,9,14,16H,1,4,7-8,10H2,2H3,(H2,18,19);1-2H3/t14-,16-;/m0./s1. The van der Waals surface area contributed by atoms with E-state index in [4.69, 9.17) is 19.9 Å². The lowest BCUT2D eigenvalue weighted by Gasteiger charge is -2.31. The maximum atomic E-state index is 13.3. The Bertz CT molecular complexity index is 549. The Kier molecular flexibility index (Phi) is 9.04. The van der Waals surface area contributed by atoms with Gasteiger partial charge in [0.2, 0.25) is 0 Å². The van der Waals surface area contributed by atoms with Crippen molar-refractivity contribution in [2.75, 3.05) is 26.9 Å². The highest BCUT2D eigenvalue weighted by Gasteiger charge is 2.32. The second-order valence-corrected chi connectivity index (χ2v) is 4.95. The van der Waals surface area contributed by atoms with E-state index >= 15 is 0 Å². The monoisotopic (exact) mass is 338 g/mol. The summed E-state index contributed by atoms with van der Waals surface area (Å²) >= 11 is 0. The minimum absolute atomic E-state index is 0.287. The molecule has 1 heterocycles. The molecule has 0 spiro atoms. The molecule has 2 N–H and O–H groups in total. The van der Waals surface area contributed by atoms with E-state index < -0.39 is 0 Å². The summed E-state index contributed by atoms with van der Waals surface area (Å²) in [7, 11) is 1.61. The summed E-state index contributed by atoms with van der Waals surface area (Å²) < 4.78 is 29.7. The molecule has 0 fully saturated rings. The number of aliphatic imine (C=N–C) groups is 1. The first-order valence-electron chi connectivity index (χ1n) is 8.11. The summed E-state index contributed by atoms with van der Waals surface area (Å²) in [4.78, 5) is 4.51. The topological polar surface area (TPSA) is 66.1 Å². The lowest BCUT2D eigenvalue weighted by Crippen LogP contribution is -2.34. The third-order valence-electron chi connectivity index (χ3n) is 3.33. The number of hydrogen-bond acceptors (Lipinski definition) is 4. The Hall–Kier alpha value is -1.92. The van der Waals surface area contributed by atoms with Crippen LogP contribution in [0.5, 0.6) is 5.75 Å². The molecule has 5 nitrogen and oxygen atoms in total. The number of methoxy groups -OCH3 is 1. The van der Waals surface area contributed by atoms with Crippen LogP contribution in [0.2, 0.25) is 0 Å². The van der Waals surface area contributed by atoms with Crippen LogP contribution in [0.15, 0.2) is 35.8 Å². The molecular weight excluding hydrogens is 311 g/mol. The molecule has 0 aliphatic carbocycles. The molecule has 134 valence electrons. The number of amidine groups is 1. The van der Waals surface area contributed by atoms with Crippen molar-refractivity contribution in [2.24, 2.45) is 10.7 Å². The van der Waals surface area contributed by atoms with E-state index in [-0.39, 0.29) is 24.6 Å². The highest BCUT2D eigenvalue weighted by Crippen LogP contribution is 2.36. The third-order valence-corrected chi connectivity index (χ3v) is 3.33. The van der Waals surface area contributed by atoms with Crippen LogP contribution >= 0.6 is 0 Å². The quantitative estimate of drug-likeness (QED) is 0.359. The van der Waals surface area contributed by atoms with E-state index in [9.17, 15) is 4.39 Å². The molecular formula is C18H27FN2O3. The molecule has 2 rings (SSSR count). The molecule has 0 saturated heterocycles. The van der Waals surface area contributed by atoms with Crippen molar-refractivity contribution in [3.63, 3.8) is 0 Å². The SMILES string of the molecule is C=CCC(N)=N[C@H]1c2ccc(F)cc2OC[C@@H]1OCCOC.CC. The second kappa shape index (κ2) is 10.8. The van der Waals surface area contributed by atoms with Crippen molar-refractivity contribution in [3.05, 3.63) is 42.2 Å². The average molecular weight is 338 g/mol. The Morgan fingerprint density at radius 2 is 2.21 bits per heavy atom. The first-order valence-corrected chi connectivity index (χ1v) is 8.11. The normalized spacial score (nSPS) is 19.6. The Morgan fingerprint density at radius 1 is 1.46 bits per heavy atom. The molecule has 1 aromatic rings. The lowest BCUT2D eigenvalue weighted by molar-refractivity contribution is -0.0263. The molecule has 1 aromatic carbocycles. The first-order chi connectivity index (χ1) is 11.7. The van der Waals surface area contributed by atoms with Crippen molar-refractivity contribution in [1.82, 2.24) is 0 Å². The molecule has 24 heavy (non-hydrogen) atoms. The van der Waals surface area contributed by atoms with Crippen LogP contribution in [-0.4, -0.2) is 38.9 Å².